The van der Waals surface area contributed by atoms with Crippen molar-refractivity contribution in [1.82, 2.24) is 14.8 Å². The van der Waals surface area contributed by atoms with Gasteiger partial charge < -0.3 is 25.0 Å². The number of amides is 2. The largest absolute Gasteiger partial charge is 0.507 e. The van der Waals surface area contributed by atoms with Crippen LogP contribution in [0.5, 0.6) is 5.75 Å². The number of fused-ring (bicyclic) bond motifs is 2. The van der Waals surface area contributed by atoms with Gasteiger partial charge in [0.2, 0.25) is 11.8 Å². The lowest BCUT2D eigenvalue weighted by Gasteiger charge is -2.39. The van der Waals surface area contributed by atoms with E-state index in [1.165, 1.54) is 24.3 Å². The highest BCUT2D eigenvalue weighted by molar-refractivity contribution is 6.00. The zero-order chi connectivity index (χ0) is 24.7. The summed E-state index contributed by atoms with van der Waals surface area (Å²) in [7, 11) is 0. The number of ether oxygens (including phenoxy) is 1. The Labute approximate surface area is 202 Å². The fourth-order valence-corrected chi connectivity index (χ4v) is 5.06. The van der Waals surface area contributed by atoms with Crippen LogP contribution in [-0.2, 0) is 20.9 Å². The minimum absolute atomic E-state index is 0.00119. The number of rotatable bonds is 3. The predicted molar refractivity (Wildman–Crippen MR) is 129 cm³/mol. The van der Waals surface area contributed by atoms with Crippen LogP contribution in [0.15, 0.2) is 30.9 Å². The van der Waals surface area contributed by atoms with Gasteiger partial charge in [-0.25, -0.2) is 9.37 Å². The Morgan fingerprint density at radius 1 is 1.29 bits per heavy atom. The molecular weight excluding hydrogens is 453 g/mol. The van der Waals surface area contributed by atoms with E-state index in [0.717, 1.165) is 5.56 Å². The first-order valence-corrected chi connectivity index (χ1v) is 11.7. The monoisotopic (exact) mass is 481 g/mol. The van der Waals surface area contributed by atoms with Gasteiger partial charge in [-0.3, -0.25) is 14.5 Å². The van der Waals surface area contributed by atoms with Crippen molar-refractivity contribution in [3.8, 4) is 17.0 Å². The maximum absolute atomic E-state index is 14.9. The molecule has 184 valence electrons. The van der Waals surface area contributed by atoms with Crippen molar-refractivity contribution in [2.75, 3.05) is 56.2 Å². The summed E-state index contributed by atoms with van der Waals surface area (Å²) in [6, 6.07) is 3.60. The van der Waals surface area contributed by atoms with Crippen LogP contribution >= 0.6 is 0 Å². The SMILES string of the molecule is C=CC(=O)N1CCN2Cc3c(N4CCOCC4)nc(-c4c(O)cccc4F)c(C)c3NC(=O)[C@H]2C1. The molecule has 3 aliphatic rings. The summed E-state index contributed by atoms with van der Waals surface area (Å²) < 4.78 is 20.4. The molecule has 3 aliphatic heterocycles. The van der Waals surface area contributed by atoms with Crippen molar-refractivity contribution >= 4 is 23.3 Å². The van der Waals surface area contributed by atoms with Crippen molar-refractivity contribution in [2.45, 2.75) is 19.5 Å². The predicted octanol–water partition coefficient (Wildman–Crippen LogP) is 1.89. The van der Waals surface area contributed by atoms with E-state index in [2.05, 4.69) is 21.7 Å². The highest BCUT2D eigenvalue weighted by Crippen LogP contribution is 2.41. The summed E-state index contributed by atoms with van der Waals surface area (Å²) >= 11 is 0. The van der Waals surface area contributed by atoms with Crippen molar-refractivity contribution in [2.24, 2.45) is 0 Å². The van der Waals surface area contributed by atoms with Crippen LogP contribution in [0.25, 0.3) is 11.3 Å². The number of morpholine rings is 1. The number of benzene rings is 1. The van der Waals surface area contributed by atoms with E-state index in [1.54, 1.807) is 11.8 Å². The van der Waals surface area contributed by atoms with E-state index < -0.39 is 11.9 Å². The number of hydrogen-bond acceptors (Lipinski definition) is 7. The topological polar surface area (TPSA) is 98.2 Å². The summed E-state index contributed by atoms with van der Waals surface area (Å²) in [5.41, 5.74) is 2.26. The number of phenols is 1. The Morgan fingerprint density at radius 3 is 2.77 bits per heavy atom. The normalized spacial score (nSPS) is 20.5. The molecule has 4 heterocycles. The third-order valence-corrected chi connectivity index (χ3v) is 6.95. The molecule has 35 heavy (non-hydrogen) atoms. The highest BCUT2D eigenvalue weighted by Gasteiger charge is 2.39. The van der Waals surface area contributed by atoms with Gasteiger partial charge in [0.05, 0.1) is 30.2 Å². The number of carbonyl (C=O) groups excluding carboxylic acids is 2. The minimum atomic E-state index is -0.593. The van der Waals surface area contributed by atoms with E-state index in [9.17, 15) is 19.1 Å². The van der Waals surface area contributed by atoms with E-state index in [0.29, 0.717) is 63.0 Å². The quantitative estimate of drug-likeness (QED) is 0.646. The Hall–Kier alpha value is -3.50. The van der Waals surface area contributed by atoms with Crippen LogP contribution in [0.3, 0.4) is 0 Å². The summed E-state index contributed by atoms with van der Waals surface area (Å²) in [4.78, 5) is 36.2. The molecule has 2 amide bonds. The second-order valence-corrected chi connectivity index (χ2v) is 8.96. The first kappa shape index (κ1) is 23.3. The van der Waals surface area contributed by atoms with Crippen molar-refractivity contribution in [3.05, 3.63) is 47.8 Å². The zero-order valence-corrected chi connectivity index (χ0v) is 19.6. The number of halogens is 1. The number of phenolic OH excluding ortho intramolecular Hbond substituents is 1. The first-order valence-electron chi connectivity index (χ1n) is 11.7. The van der Waals surface area contributed by atoms with E-state index >= 15 is 0 Å². The van der Waals surface area contributed by atoms with Gasteiger partial charge in [-0.05, 0) is 30.7 Å². The molecule has 1 atom stereocenters. The van der Waals surface area contributed by atoms with Gasteiger partial charge in [0.15, 0.2) is 0 Å². The Balaban J connectivity index is 1.64. The summed E-state index contributed by atoms with van der Waals surface area (Å²) in [6.07, 6.45) is 1.26. The molecule has 2 saturated heterocycles. The summed E-state index contributed by atoms with van der Waals surface area (Å²) in [5.74, 6) is -0.620. The molecule has 2 N–H and O–H groups in total. The number of nitrogens with zero attached hydrogens (tertiary/aromatic N) is 4. The lowest BCUT2D eigenvalue weighted by Crippen LogP contribution is -2.57. The number of pyridine rings is 1. The number of carbonyl (C=O) groups is 2. The van der Waals surface area contributed by atoms with Gasteiger partial charge >= 0.3 is 0 Å². The third-order valence-electron chi connectivity index (χ3n) is 6.95. The average Bonchev–Trinajstić information content (AvgIpc) is 3.01. The number of hydrogen-bond donors (Lipinski definition) is 2. The lowest BCUT2D eigenvalue weighted by molar-refractivity contribution is -0.132. The smallest absolute Gasteiger partial charge is 0.246 e. The van der Waals surface area contributed by atoms with Crippen LogP contribution in [0.4, 0.5) is 15.9 Å². The molecule has 9 nitrogen and oxygen atoms in total. The maximum atomic E-state index is 14.9. The fourth-order valence-electron chi connectivity index (χ4n) is 5.06. The van der Waals surface area contributed by atoms with Crippen LogP contribution in [-0.4, -0.2) is 83.7 Å². The summed E-state index contributed by atoms with van der Waals surface area (Å²) in [6.45, 7) is 9.30. The Kier molecular flexibility index (Phi) is 6.16. The molecule has 0 bridgehead atoms. The first-order chi connectivity index (χ1) is 16.9. The molecule has 2 aromatic rings. The average molecular weight is 482 g/mol. The molecule has 5 rings (SSSR count). The van der Waals surface area contributed by atoms with Gasteiger partial charge in [-0.15, -0.1) is 0 Å². The molecule has 0 saturated carbocycles. The minimum Gasteiger partial charge on any atom is -0.507 e. The fraction of sp³-hybridized carbons (Fsp3) is 0.400. The Morgan fingerprint density at radius 2 is 2.06 bits per heavy atom. The molecule has 0 unspecified atom stereocenters. The van der Waals surface area contributed by atoms with Gasteiger partial charge in [-0.2, -0.15) is 0 Å². The molecule has 2 fully saturated rings. The van der Waals surface area contributed by atoms with Gasteiger partial charge in [-0.1, -0.05) is 12.6 Å². The van der Waals surface area contributed by atoms with Crippen molar-refractivity contribution < 1.29 is 23.8 Å². The Bertz CT molecular complexity index is 1180. The maximum Gasteiger partial charge on any atom is 0.246 e. The molecule has 10 heteroatoms. The van der Waals surface area contributed by atoms with Crippen LogP contribution in [0.1, 0.15) is 11.1 Å². The molecule has 1 aromatic carbocycles. The molecule has 1 aromatic heterocycles. The standard InChI is InChI=1S/C25H28FN5O4/c1-3-20(33)31-8-7-30-13-16-22(28-25(34)18(30)14-31)15(2)23(21-17(26)5-4-6-19(21)32)27-24(16)29-9-11-35-12-10-29/h3-6,18,32H,1,7-14H2,2H3,(H,28,34)/t18-/m1/s1. The number of nitrogens with one attached hydrogen (secondary N) is 1. The van der Waals surface area contributed by atoms with Crippen LogP contribution < -0.4 is 10.2 Å². The molecule has 0 radical (unpaired) electrons. The number of aromatic hydroxyl groups is 1. The van der Waals surface area contributed by atoms with Gasteiger partial charge in [0, 0.05) is 44.8 Å². The van der Waals surface area contributed by atoms with Crippen molar-refractivity contribution in [1.29, 1.82) is 0 Å². The van der Waals surface area contributed by atoms with Crippen LogP contribution in [0.2, 0.25) is 0 Å². The highest BCUT2D eigenvalue weighted by atomic mass is 19.1. The van der Waals surface area contributed by atoms with Crippen molar-refractivity contribution in [3.63, 3.8) is 0 Å². The van der Waals surface area contributed by atoms with Gasteiger partial charge in [0.1, 0.15) is 23.4 Å². The third kappa shape index (κ3) is 4.12. The number of anilines is 2. The second-order valence-electron chi connectivity index (χ2n) is 8.96. The molecule has 0 aliphatic carbocycles. The number of piperazine rings is 1. The van der Waals surface area contributed by atoms with E-state index in [4.69, 9.17) is 9.72 Å². The van der Waals surface area contributed by atoms with Gasteiger partial charge in [0.25, 0.3) is 0 Å². The van der Waals surface area contributed by atoms with E-state index in [-0.39, 0.29) is 35.4 Å². The summed E-state index contributed by atoms with van der Waals surface area (Å²) in [5, 5.41) is 13.5. The molecule has 0 spiro atoms. The van der Waals surface area contributed by atoms with E-state index in [1.807, 2.05) is 0 Å². The number of aromatic nitrogens is 1. The zero-order valence-electron chi connectivity index (χ0n) is 19.6. The lowest BCUT2D eigenvalue weighted by atomic mass is 10.00. The van der Waals surface area contributed by atoms with Crippen LogP contribution in [0, 0.1) is 12.7 Å². The second kappa shape index (κ2) is 9.27. The molecular formula is C25H28FN5O4.